The van der Waals surface area contributed by atoms with Crippen molar-refractivity contribution in [3.63, 3.8) is 0 Å². The highest BCUT2D eigenvalue weighted by atomic mass is 35.5. The molecule has 0 aliphatic heterocycles. The quantitative estimate of drug-likeness (QED) is 0.568. The number of rotatable bonds is 8. The summed E-state index contributed by atoms with van der Waals surface area (Å²) in [6, 6.07) is 18.1. The number of nitrogens with one attached hydrogen (secondary N) is 1. The molecular formula is C18H22ClN2OS+. The lowest BCUT2D eigenvalue weighted by Gasteiger charge is -2.12. The highest BCUT2D eigenvalue weighted by Crippen LogP contribution is 2.19. The summed E-state index contributed by atoms with van der Waals surface area (Å²) in [5, 5.41) is 5.70. The molecule has 0 aliphatic rings. The molecule has 0 aliphatic carbocycles. The number of hydrogen-bond donors (Lipinski definition) is 2. The Morgan fingerprint density at radius 1 is 1.17 bits per heavy atom. The van der Waals surface area contributed by atoms with E-state index in [1.807, 2.05) is 47.8 Å². The van der Waals surface area contributed by atoms with E-state index in [1.54, 1.807) is 11.8 Å². The zero-order valence-corrected chi connectivity index (χ0v) is 14.7. The van der Waals surface area contributed by atoms with Crippen LogP contribution in [0.3, 0.4) is 0 Å². The molecule has 3 N–H and O–H groups in total. The maximum atomic E-state index is 11.9. The third-order valence-corrected chi connectivity index (χ3v) is 4.85. The molecule has 0 fully saturated rings. The van der Waals surface area contributed by atoms with E-state index in [1.165, 1.54) is 4.90 Å². The first-order valence-corrected chi connectivity index (χ1v) is 9.05. The van der Waals surface area contributed by atoms with Crippen LogP contribution in [0.1, 0.15) is 18.5 Å². The highest BCUT2D eigenvalue weighted by molar-refractivity contribution is 7.99. The first kappa shape index (κ1) is 17.9. The third kappa shape index (κ3) is 6.26. The first-order chi connectivity index (χ1) is 11.2. The van der Waals surface area contributed by atoms with Gasteiger partial charge in [-0.2, -0.15) is 0 Å². The second kappa shape index (κ2) is 9.60. The van der Waals surface area contributed by atoms with E-state index in [0.717, 1.165) is 16.3 Å². The van der Waals surface area contributed by atoms with Crippen LogP contribution in [-0.2, 0) is 4.79 Å². The Morgan fingerprint density at radius 3 is 2.61 bits per heavy atom. The van der Waals surface area contributed by atoms with Gasteiger partial charge in [0.05, 0.1) is 0 Å². The Hall–Kier alpha value is -1.49. The van der Waals surface area contributed by atoms with Crippen molar-refractivity contribution < 1.29 is 10.1 Å². The predicted octanol–water partition coefficient (Wildman–Crippen LogP) is 2.87. The van der Waals surface area contributed by atoms with Crippen molar-refractivity contribution in [3.8, 4) is 0 Å². The molecule has 0 radical (unpaired) electrons. The van der Waals surface area contributed by atoms with E-state index < -0.39 is 0 Å². The van der Waals surface area contributed by atoms with Crippen molar-refractivity contribution in [3.05, 3.63) is 65.2 Å². The topological polar surface area (TPSA) is 45.7 Å². The van der Waals surface area contributed by atoms with E-state index in [2.05, 4.69) is 24.4 Å². The molecule has 23 heavy (non-hydrogen) atoms. The van der Waals surface area contributed by atoms with E-state index >= 15 is 0 Å². The van der Waals surface area contributed by atoms with E-state index in [9.17, 15) is 4.79 Å². The molecule has 5 heteroatoms. The van der Waals surface area contributed by atoms with E-state index in [4.69, 9.17) is 11.6 Å². The van der Waals surface area contributed by atoms with Gasteiger partial charge in [0.25, 0.3) is 5.91 Å². The number of amides is 1. The second-order valence-corrected chi connectivity index (χ2v) is 6.84. The van der Waals surface area contributed by atoms with Crippen LogP contribution >= 0.6 is 23.4 Å². The van der Waals surface area contributed by atoms with Crippen LogP contribution in [0, 0.1) is 0 Å². The lowest BCUT2D eigenvalue weighted by molar-refractivity contribution is -0.682. The molecule has 0 saturated heterocycles. The fourth-order valence-electron chi connectivity index (χ4n) is 2.20. The Bertz CT molecular complexity index is 621. The maximum Gasteiger partial charge on any atom is 0.275 e. The normalized spacial score (nSPS) is 11.9. The molecule has 0 bridgehead atoms. The van der Waals surface area contributed by atoms with Crippen molar-refractivity contribution in [2.75, 3.05) is 18.8 Å². The van der Waals surface area contributed by atoms with Crippen molar-refractivity contribution in [2.45, 2.75) is 17.9 Å². The molecule has 2 aromatic rings. The van der Waals surface area contributed by atoms with Crippen LogP contribution in [-0.4, -0.2) is 24.7 Å². The molecule has 3 nitrogen and oxygen atoms in total. The number of nitrogens with two attached hydrogens (primary N) is 1. The number of quaternary nitrogens is 1. The van der Waals surface area contributed by atoms with Crippen molar-refractivity contribution in [2.24, 2.45) is 0 Å². The molecule has 0 unspecified atom stereocenters. The van der Waals surface area contributed by atoms with Crippen LogP contribution in [0.5, 0.6) is 0 Å². The van der Waals surface area contributed by atoms with Gasteiger partial charge in [-0.25, -0.2) is 0 Å². The molecule has 0 aromatic heterocycles. The SMILES string of the molecule is C[C@@H]([NH2+]CC(=O)NCCSc1ccccc1)c1ccccc1Cl. The van der Waals surface area contributed by atoms with Gasteiger partial charge in [-0.15, -0.1) is 11.8 Å². The van der Waals surface area contributed by atoms with E-state index in [-0.39, 0.29) is 11.9 Å². The summed E-state index contributed by atoms with van der Waals surface area (Å²) in [7, 11) is 0. The monoisotopic (exact) mass is 349 g/mol. The number of benzene rings is 2. The van der Waals surface area contributed by atoms with Crippen LogP contribution in [0.2, 0.25) is 5.02 Å². The van der Waals surface area contributed by atoms with Crippen molar-refractivity contribution >= 4 is 29.3 Å². The summed E-state index contributed by atoms with van der Waals surface area (Å²) < 4.78 is 0. The molecular weight excluding hydrogens is 328 g/mol. The van der Waals surface area contributed by atoms with Crippen LogP contribution < -0.4 is 10.6 Å². The smallest absolute Gasteiger partial charge is 0.275 e. The lowest BCUT2D eigenvalue weighted by Crippen LogP contribution is -2.87. The zero-order valence-electron chi connectivity index (χ0n) is 13.2. The molecule has 0 heterocycles. The zero-order chi connectivity index (χ0) is 16.5. The molecule has 122 valence electrons. The molecule has 1 amide bonds. The Balaban J connectivity index is 1.64. The van der Waals surface area contributed by atoms with Crippen molar-refractivity contribution in [1.82, 2.24) is 5.32 Å². The minimum Gasteiger partial charge on any atom is -0.350 e. The van der Waals surface area contributed by atoms with Crippen LogP contribution in [0.4, 0.5) is 0 Å². The van der Waals surface area contributed by atoms with Gasteiger partial charge < -0.3 is 10.6 Å². The van der Waals surface area contributed by atoms with Gasteiger partial charge in [0.15, 0.2) is 6.54 Å². The van der Waals surface area contributed by atoms with Gasteiger partial charge >= 0.3 is 0 Å². The second-order valence-electron chi connectivity index (χ2n) is 5.26. The van der Waals surface area contributed by atoms with Gasteiger partial charge in [0.2, 0.25) is 0 Å². The van der Waals surface area contributed by atoms with Gasteiger partial charge in [0, 0.05) is 27.8 Å². The summed E-state index contributed by atoms with van der Waals surface area (Å²) >= 11 is 7.91. The summed E-state index contributed by atoms with van der Waals surface area (Å²) in [4.78, 5) is 13.1. The van der Waals surface area contributed by atoms with Crippen molar-refractivity contribution in [1.29, 1.82) is 0 Å². The van der Waals surface area contributed by atoms with Gasteiger partial charge in [0.1, 0.15) is 6.04 Å². The lowest BCUT2D eigenvalue weighted by atomic mass is 10.1. The Morgan fingerprint density at radius 2 is 1.87 bits per heavy atom. The summed E-state index contributed by atoms with van der Waals surface area (Å²) in [6.07, 6.45) is 0. The minimum absolute atomic E-state index is 0.0533. The largest absolute Gasteiger partial charge is 0.350 e. The van der Waals surface area contributed by atoms with Crippen LogP contribution in [0.25, 0.3) is 0 Å². The standard InChI is InChI=1S/C18H21ClN2OS/c1-14(16-9-5-6-10-17(16)19)21-13-18(22)20-11-12-23-15-7-3-2-4-8-15/h2-10,14,21H,11-13H2,1H3,(H,20,22)/p+1/t14-/m1/s1. The summed E-state index contributed by atoms with van der Waals surface area (Å²) in [5.41, 5.74) is 1.06. The minimum atomic E-state index is 0.0533. The molecule has 0 spiro atoms. The fraction of sp³-hybridized carbons (Fsp3) is 0.278. The Kier molecular flexibility index (Phi) is 7.46. The summed E-state index contributed by atoms with van der Waals surface area (Å²) in [5.74, 6) is 0.924. The maximum absolute atomic E-state index is 11.9. The number of carbonyl (C=O) groups excluding carboxylic acids is 1. The Labute approximate surface area is 146 Å². The number of carbonyl (C=O) groups is 1. The predicted molar refractivity (Wildman–Crippen MR) is 96.8 cm³/mol. The molecule has 2 rings (SSSR count). The average molecular weight is 350 g/mol. The molecule has 0 saturated carbocycles. The van der Waals surface area contributed by atoms with Crippen LogP contribution in [0.15, 0.2) is 59.5 Å². The highest BCUT2D eigenvalue weighted by Gasteiger charge is 2.13. The van der Waals surface area contributed by atoms with E-state index in [0.29, 0.717) is 13.1 Å². The molecule has 2 aromatic carbocycles. The first-order valence-electron chi connectivity index (χ1n) is 7.69. The van der Waals surface area contributed by atoms with Gasteiger partial charge in [-0.05, 0) is 25.1 Å². The molecule has 1 atom stereocenters. The fourth-order valence-corrected chi connectivity index (χ4v) is 3.30. The summed E-state index contributed by atoms with van der Waals surface area (Å²) in [6.45, 7) is 3.13. The number of thioether (sulfide) groups is 1. The van der Waals surface area contributed by atoms with Gasteiger partial charge in [-0.3, -0.25) is 4.79 Å². The third-order valence-electron chi connectivity index (χ3n) is 3.49. The average Bonchev–Trinajstić information content (AvgIpc) is 2.58. The number of hydrogen-bond acceptors (Lipinski definition) is 2. The number of halogens is 1. The van der Waals surface area contributed by atoms with Gasteiger partial charge in [-0.1, -0.05) is 48.0 Å².